The molecule has 2 amide bonds. The maximum absolute atomic E-state index is 12.9. The number of allylic oxidation sites excluding steroid dienone is 2. The number of hydrogen-bond acceptors (Lipinski definition) is 5. The van der Waals surface area contributed by atoms with E-state index in [2.05, 4.69) is 33.2 Å². The number of imide groups is 1. The number of halogens is 1. The van der Waals surface area contributed by atoms with Crippen molar-refractivity contribution in [2.24, 2.45) is 40.6 Å². The number of amides is 2. The molecule has 6 rings (SSSR count). The fourth-order valence-corrected chi connectivity index (χ4v) is 5.57. The van der Waals surface area contributed by atoms with Crippen molar-refractivity contribution in [3.63, 3.8) is 0 Å². The second-order valence-corrected chi connectivity index (χ2v) is 8.52. The van der Waals surface area contributed by atoms with E-state index in [0.717, 1.165) is 11.4 Å². The Bertz CT molecular complexity index is 875. The molecule has 1 aliphatic heterocycles. The van der Waals surface area contributed by atoms with Crippen molar-refractivity contribution in [2.45, 2.75) is 13.3 Å². The third kappa shape index (κ3) is 2.40. The lowest BCUT2D eigenvalue weighted by Crippen LogP contribution is -2.40. The fraction of sp³-hybridized carbons (Fsp3) is 0.450. The predicted octanol–water partition coefficient (Wildman–Crippen LogP) is 2.94. The van der Waals surface area contributed by atoms with Gasteiger partial charge in [0.1, 0.15) is 0 Å². The molecule has 1 heterocycles. The summed E-state index contributed by atoms with van der Waals surface area (Å²) in [7, 11) is 0. The van der Waals surface area contributed by atoms with Crippen LogP contribution in [-0.2, 0) is 9.59 Å². The van der Waals surface area contributed by atoms with Crippen LogP contribution in [0.1, 0.15) is 18.9 Å². The summed E-state index contributed by atoms with van der Waals surface area (Å²) < 4.78 is 5.87. The van der Waals surface area contributed by atoms with Gasteiger partial charge in [-0.05, 0) is 70.6 Å². The normalized spacial score (nSPS) is 35.7. The highest BCUT2D eigenvalue weighted by molar-refractivity contribution is 9.10. The van der Waals surface area contributed by atoms with E-state index in [-0.39, 0.29) is 41.2 Å². The molecule has 2 bridgehead atoms. The smallest absolute Gasteiger partial charge is 0.254 e. The average molecular weight is 431 g/mol. The van der Waals surface area contributed by atoms with Gasteiger partial charge in [-0.1, -0.05) is 12.2 Å². The SMILES string of the molecule is CCOc1cc(/C=N/N2C(=O)[C@@H]3[C@@H]4C=C[C@H]([C@H]5C[C@H]45)[C@@H]3C2=O)cc(Br)c1O. The Morgan fingerprint density at radius 1 is 1.22 bits per heavy atom. The largest absolute Gasteiger partial charge is 0.503 e. The lowest BCUT2D eigenvalue weighted by atomic mass is 9.63. The number of carbonyl (C=O) groups is 2. The molecule has 27 heavy (non-hydrogen) atoms. The Kier molecular flexibility index (Phi) is 3.73. The zero-order valence-electron chi connectivity index (χ0n) is 14.7. The van der Waals surface area contributed by atoms with Crippen molar-refractivity contribution >= 4 is 34.0 Å². The maximum Gasteiger partial charge on any atom is 0.254 e. The molecule has 2 saturated carbocycles. The van der Waals surface area contributed by atoms with Gasteiger partial charge in [0.15, 0.2) is 11.5 Å². The summed E-state index contributed by atoms with van der Waals surface area (Å²) in [5, 5.41) is 15.3. The second kappa shape index (κ2) is 5.92. The molecule has 5 aliphatic rings. The number of aromatic hydroxyl groups is 1. The Hall–Kier alpha value is -2.15. The number of nitrogens with zero attached hydrogens (tertiary/aromatic N) is 2. The van der Waals surface area contributed by atoms with Crippen molar-refractivity contribution in [2.75, 3.05) is 6.61 Å². The molecule has 1 N–H and O–H groups in total. The summed E-state index contributed by atoms with van der Waals surface area (Å²) in [4.78, 5) is 25.8. The van der Waals surface area contributed by atoms with E-state index in [1.54, 1.807) is 12.1 Å². The zero-order chi connectivity index (χ0) is 18.9. The summed E-state index contributed by atoms with van der Waals surface area (Å²) in [5.74, 6) is 0.981. The Morgan fingerprint density at radius 3 is 2.44 bits per heavy atom. The first-order valence-corrected chi connectivity index (χ1v) is 10.1. The molecular formula is C20H19BrN2O4. The van der Waals surface area contributed by atoms with Gasteiger partial charge < -0.3 is 9.84 Å². The standard InChI is InChI=1S/C20H19BrN2O4/c1-2-27-15-6-9(5-14(21)18(15)24)8-22-23-19(25)16-10-3-4-11(13-7-12(10)13)17(16)20(23)26/h3-6,8,10-13,16-17,24H,2,7H2,1H3/b22-8+/t10-,11-,12-,13-,16-,17+/m1/s1. The highest BCUT2D eigenvalue weighted by atomic mass is 79.9. The van der Waals surface area contributed by atoms with Crippen LogP contribution in [0.2, 0.25) is 0 Å². The zero-order valence-corrected chi connectivity index (χ0v) is 16.3. The van der Waals surface area contributed by atoms with Gasteiger partial charge in [0, 0.05) is 0 Å². The van der Waals surface area contributed by atoms with Crippen molar-refractivity contribution < 1.29 is 19.4 Å². The monoisotopic (exact) mass is 430 g/mol. The lowest BCUT2D eigenvalue weighted by Gasteiger charge is -2.37. The van der Waals surface area contributed by atoms with E-state index in [1.165, 1.54) is 6.21 Å². The predicted molar refractivity (Wildman–Crippen MR) is 101 cm³/mol. The molecule has 3 fully saturated rings. The fourth-order valence-electron chi connectivity index (χ4n) is 5.11. The first-order chi connectivity index (χ1) is 13.0. The highest BCUT2D eigenvalue weighted by Crippen LogP contribution is 2.65. The third-order valence-corrected chi connectivity index (χ3v) is 6.92. The number of rotatable bonds is 4. The van der Waals surface area contributed by atoms with Crippen LogP contribution in [0.4, 0.5) is 0 Å². The van der Waals surface area contributed by atoms with E-state index >= 15 is 0 Å². The molecule has 7 heteroatoms. The molecule has 6 nitrogen and oxygen atoms in total. The Morgan fingerprint density at radius 2 is 1.85 bits per heavy atom. The molecule has 1 aromatic carbocycles. The summed E-state index contributed by atoms with van der Waals surface area (Å²) in [6.45, 7) is 2.23. The second-order valence-electron chi connectivity index (χ2n) is 7.67. The molecule has 0 aromatic heterocycles. The molecule has 6 atom stereocenters. The number of hydrogen-bond donors (Lipinski definition) is 1. The molecule has 4 aliphatic carbocycles. The molecular weight excluding hydrogens is 412 g/mol. The molecule has 1 saturated heterocycles. The van der Waals surface area contributed by atoms with Gasteiger partial charge in [0.05, 0.1) is 29.1 Å². The lowest BCUT2D eigenvalue weighted by molar-refractivity contribution is -0.140. The van der Waals surface area contributed by atoms with Gasteiger partial charge in [-0.2, -0.15) is 10.1 Å². The van der Waals surface area contributed by atoms with E-state index in [1.807, 2.05) is 6.92 Å². The van der Waals surface area contributed by atoms with E-state index in [4.69, 9.17) is 4.74 Å². The Balaban J connectivity index is 1.42. The quantitative estimate of drug-likeness (QED) is 0.452. The minimum Gasteiger partial charge on any atom is -0.503 e. The van der Waals surface area contributed by atoms with Crippen LogP contribution in [-0.4, -0.2) is 34.8 Å². The Labute approximate surface area is 165 Å². The van der Waals surface area contributed by atoms with E-state index < -0.39 is 0 Å². The van der Waals surface area contributed by atoms with Gasteiger partial charge in [0.2, 0.25) is 0 Å². The summed E-state index contributed by atoms with van der Waals surface area (Å²) in [6, 6.07) is 3.30. The van der Waals surface area contributed by atoms with Gasteiger partial charge in [-0.25, -0.2) is 0 Å². The highest BCUT2D eigenvalue weighted by Gasteiger charge is 2.67. The summed E-state index contributed by atoms with van der Waals surface area (Å²) in [6.07, 6.45) is 6.89. The number of carbonyl (C=O) groups excluding carboxylic acids is 2. The first-order valence-electron chi connectivity index (χ1n) is 9.26. The topological polar surface area (TPSA) is 79.2 Å². The van der Waals surface area contributed by atoms with Crippen molar-refractivity contribution in [1.82, 2.24) is 5.01 Å². The van der Waals surface area contributed by atoms with Gasteiger partial charge >= 0.3 is 0 Å². The van der Waals surface area contributed by atoms with E-state index in [9.17, 15) is 14.7 Å². The van der Waals surface area contributed by atoms with Crippen LogP contribution < -0.4 is 4.74 Å². The number of benzene rings is 1. The first kappa shape index (κ1) is 17.0. The number of phenolic OH excluding ortho intramolecular Hbond substituents is 1. The minimum absolute atomic E-state index is 0.00946. The molecule has 1 aromatic rings. The van der Waals surface area contributed by atoms with E-state index in [0.29, 0.717) is 34.2 Å². The molecule has 0 radical (unpaired) electrons. The summed E-state index contributed by atoms with van der Waals surface area (Å²) in [5.41, 5.74) is 0.627. The van der Waals surface area contributed by atoms with Crippen LogP contribution >= 0.6 is 15.9 Å². The number of ether oxygens (including phenoxy) is 1. The van der Waals surface area contributed by atoms with Gasteiger partial charge in [-0.15, -0.1) is 0 Å². The number of phenols is 1. The van der Waals surface area contributed by atoms with Crippen LogP contribution in [0.25, 0.3) is 0 Å². The molecule has 140 valence electrons. The van der Waals surface area contributed by atoms with Gasteiger partial charge in [0.25, 0.3) is 11.8 Å². The third-order valence-electron chi connectivity index (χ3n) is 6.31. The van der Waals surface area contributed by atoms with Crippen LogP contribution in [0.15, 0.2) is 33.9 Å². The average Bonchev–Trinajstić information content (AvgIpc) is 3.43. The van der Waals surface area contributed by atoms with Crippen molar-refractivity contribution in [3.05, 3.63) is 34.3 Å². The van der Waals surface area contributed by atoms with Crippen LogP contribution in [0.3, 0.4) is 0 Å². The maximum atomic E-state index is 12.9. The van der Waals surface area contributed by atoms with Gasteiger partial charge in [-0.3, -0.25) is 9.59 Å². The molecule has 0 spiro atoms. The van der Waals surface area contributed by atoms with Crippen LogP contribution in [0, 0.1) is 35.5 Å². The summed E-state index contributed by atoms with van der Waals surface area (Å²) >= 11 is 3.28. The van der Waals surface area contributed by atoms with Crippen molar-refractivity contribution in [1.29, 1.82) is 0 Å². The minimum atomic E-state index is -0.251. The van der Waals surface area contributed by atoms with Crippen molar-refractivity contribution in [3.8, 4) is 11.5 Å². The molecule has 0 unspecified atom stereocenters. The number of hydrazone groups is 1. The van der Waals surface area contributed by atoms with Crippen LogP contribution in [0.5, 0.6) is 11.5 Å².